The molecule has 0 saturated heterocycles. The lowest BCUT2D eigenvalue weighted by atomic mass is 9.84. The van der Waals surface area contributed by atoms with Crippen molar-refractivity contribution in [1.82, 2.24) is 9.88 Å². The zero-order valence-electron chi connectivity index (χ0n) is 14.8. The zero-order valence-corrected chi connectivity index (χ0v) is 14.8. The molecule has 1 aromatic heterocycles. The van der Waals surface area contributed by atoms with Crippen molar-refractivity contribution in [3.8, 4) is 0 Å². The largest absolute Gasteiger partial charge is 0.358 e. The predicted octanol–water partition coefficient (Wildman–Crippen LogP) is 3.74. The number of aromatic nitrogens is 1. The minimum absolute atomic E-state index is 0.266. The fourth-order valence-electron chi connectivity index (χ4n) is 4.49. The maximum absolute atomic E-state index is 6.05. The first kappa shape index (κ1) is 15.2. The lowest BCUT2D eigenvalue weighted by Gasteiger charge is -2.33. The van der Waals surface area contributed by atoms with Gasteiger partial charge in [-0.1, -0.05) is 36.4 Å². The highest BCUT2D eigenvalue weighted by atomic mass is 15.1. The van der Waals surface area contributed by atoms with Crippen molar-refractivity contribution >= 4 is 10.9 Å². The molecule has 1 fully saturated rings. The summed E-state index contributed by atoms with van der Waals surface area (Å²) in [4.78, 5) is 6.08. The molecular weight excluding hydrogens is 306 g/mol. The van der Waals surface area contributed by atoms with Gasteiger partial charge in [-0.25, -0.2) is 0 Å². The Morgan fingerprint density at radius 3 is 2.76 bits per heavy atom. The van der Waals surface area contributed by atoms with Gasteiger partial charge in [0, 0.05) is 42.2 Å². The lowest BCUT2D eigenvalue weighted by Crippen LogP contribution is -2.31. The fraction of sp³-hybridized carbons (Fsp3) is 0.364. The molecule has 1 saturated carbocycles. The van der Waals surface area contributed by atoms with Crippen LogP contribution in [-0.2, 0) is 12.0 Å². The quantitative estimate of drug-likeness (QED) is 0.768. The second-order valence-corrected chi connectivity index (χ2v) is 7.96. The van der Waals surface area contributed by atoms with Crippen molar-refractivity contribution in [1.29, 1.82) is 0 Å². The second kappa shape index (κ2) is 5.45. The molecule has 1 atom stereocenters. The molecule has 2 heterocycles. The zero-order chi connectivity index (χ0) is 17.0. The maximum atomic E-state index is 6.05. The van der Waals surface area contributed by atoms with Gasteiger partial charge >= 0.3 is 0 Å². The molecule has 25 heavy (non-hydrogen) atoms. The van der Waals surface area contributed by atoms with Crippen LogP contribution in [0.3, 0.4) is 0 Å². The third kappa shape index (κ3) is 2.42. The van der Waals surface area contributed by atoms with E-state index in [1.807, 2.05) is 0 Å². The molecule has 1 aliphatic heterocycles. The van der Waals surface area contributed by atoms with E-state index in [0.717, 1.165) is 19.6 Å². The molecule has 128 valence electrons. The van der Waals surface area contributed by atoms with Crippen molar-refractivity contribution in [2.45, 2.75) is 30.7 Å². The Morgan fingerprint density at radius 1 is 1.16 bits per heavy atom. The van der Waals surface area contributed by atoms with E-state index in [2.05, 4.69) is 65.5 Å². The van der Waals surface area contributed by atoms with Crippen molar-refractivity contribution in [3.05, 3.63) is 70.9 Å². The van der Waals surface area contributed by atoms with Gasteiger partial charge in [-0.15, -0.1) is 0 Å². The number of fused-ring (bicyclic) bond motifs is 2. The third-order valence-electron chi connectivity index (χ3n) is 6.24. The summed E-state index contributed by atoms with van der Waals surface area (Å²) in [6, 6.07) is 18.0. The Morgan fingerprint density at radius 2 is 2.00 bits per heavy atom. The van der Waals surface area contributed by atoms with Crippen molar-refractivity contribution in [2.75, 3.05) is 20.1 Å². The number of rotatable bonds is 3. The highest BCUT2D eigenvalue weighted by Gasteiger charge is 2.43. The van der Waals surface area contributed by atoms with E-state index in [4.69, 9.17) is 5.73 Å². The minimum atomic E-state index is 0.266. The highest BCUT2D eigenvalue weighted by Crippen LogP contribution is 2.48. The van der Waals surface area contributed by atoms with E-state index in [0.29, 0.717) is 5.92 Å². The Kier molecular flexibility index (Phi) is 3.31. The van der Waals surface area contributed by atoms with Crippen LogP contribution >= 0.6 is 0 Å². The molecule has 0 radical (unpaired) electrons. The van der Waals surface area contributed by atoms with Crippen LogP contribution in [0, 0.1) is 0 Å². The van der Waals surface area contributed by atoms with Crippen molar-refractivity contribution in [3.63, 3.8) is 0 Å². The molecule has 3 heteroatoms. The van der Waals surface area contributed by atoms with E-state index in [1.165, 1.54) is 46.1 Å². The molecule has 2 aromatic carbocycles. The number of H-pyrrole nitrogens is 1. The normalized spacial score (nSPS) is 22.1. The number of nitrogens with zero attached hydrogens (tertiary/aromatic N) is 1. The molecule has 1 aliphatic carbocycles. The van der Waals surface area contributed by atoms with Gasteiger partial charge in [0.15, 0.2) is 0 Å². The molecule has 3 nitrogen and oxygen atoms in total. The molecule has 2 aliphatic rings. The van der Waals surface area contributed by atoms with Crippen LogP contribution in [0.4, 0.5) is 0 Å². The monoisotopic (exact) mass is 331 g/mol. The number of para-hydroxylation sites is 1. The molecule has 0 bridgehead atoms. The average molecular weight is 331 g/mol. The first-order valence-corrected chi connectivity index (χ1v) is 9.28. The summed E-state index contributed by atoms with van der Waals surface area (Å²) in [5, 5.41) is 1.30. The number of hydrogen-bond donors (Lipinski definition) is 2. The van der Waals surface area contributed by atoms with Crippen LogP contribution in [0.5, 0.6) is 0 Å². The Balaban J connectivity index is 1.58. The average Bonchev–Trinajstić information content (AvgIpc) is 3.32. The van der Waals surface area contributed by atoms with Gasteiger partial charge < -0.3 is 15.6 Å². The molecule has 0 amide bonds. The molecule has 0 spiro atoms. The topological polar surface area (TPSA) is 45.0 Å². The van der Waals surface area contributed by atoms with Gasteiger partial charge in [0.05, 0.1) is 0 Å². The Labute approximate surface area is 148 Å². The number of benzene rings is 2. The molecule has 3 N–H and O–H groups in total. The van der Waals surface area contributed by atoms with E-state index < -0.39 is 0 Å². The summed E-state index contributed by atoms with van der Waals surface area (Å²) >= 11 is 0. The molecule has 1 unspecified atom stereocenters. The van der Waals surface area contributed by atoms with E-state index >= 15 is 0 Å². The number of aromatic amines is 1. The first-order chi connectivity index (χ1) is 12.2. The number of likely N-dealkylation sites (N-methyl/N-ethyl adjacent to an activating group) is 1. The van der Waals surface area contributed by atoms with Crippen LogP contribution in [0.15, 0.2) is 48.5 Å². The van der Waals surface area contributed by atoms with Gasteiger partial charge in [0.1, 0.15) is 0 Å². The van der Waals surface area contributed by atoms with Crippen LogP contribution in [-0.4, -0.2) is 30.0 Å². The molecule has 5 rings (SSSR count). The third-order valence-corrected chi connectivity index (χ3v) is 6.24. The number of nitrogens with two attached hydrogens (primary N) is 1. The number of nitrogens with one attached hydrogen (secondary N) is 1. The van der Waals surface area contributed by atoms with E-state index in [-0.39, 0.29) is 5.41 Å². The van der Waals surface area contributed by atoms with Gasteiger partial charge in [-0.2, -0.15) is 0 Å². The highest BCUT2D eigenvalue weighted by molar-refractivity contribution is 5.80. The predicted molar refractivity (Wildman–Crippen MR) is 103 cm³/mol. The number of hydrogen-bond acceptors (Lipinski definition) is 2. The van der Waals surface area contributed by atoms with Gasteiger partial charge in [-0.05, 0) is 54.1 Å². The minimum Gasteiger partial charge on any atom is -0.358 e. The van der Waals surface area contributed by atoms with Crippen LogP contribution < -0.4 is 5.73 Å². The standard InChI is InChI=1S/C22H25N3/c1-25-12-16-10-17(22(14-23)8-9-22)6-7-18(16)19(13-25)21-11-15-4-2-3-5-20(15)24-21/h2-7,10-11,19,24H,8-9,12-14,23H2,1H3. The van der Waals surface area contributed by atoms with Gasteiger partial charge in [0.25, 0.3) is 0 Å². The van der Waals surface area contributed by atoms with Crippen molar-refractivity contribution < 1.29 is 0 Å². The van der Waals surface area contributed by atoms with Crippen molar-refractivity contribution in [2.24, 2.45) is 5.73 Å². The van der Waals surface area contributed by atoms with E-state index in [9.17, 15) is 0 Å². The van der Waals surface area contributed by atoms with Crippen LogP contribution in [0.2, 0.25) is 0 Å². The summed E-state index contributed by atoms with van der Waals surface area (Å²) in [6.45, 7) is 2.86. The van der Waals surface area contributed by atoms with Gasteiger partial charge in [-0.3, -0.25) is 0 Å². The van der Waals surface area contributed by atoms with Crippen LogP contribution in [0.1, 0.15) is 41.1 Å². The first-order valence-electron chi connectivity index (χ1n) is 9.28. The maximum Gasteiger partial charge on any atom is 0.0456 e. The fourth-order valence-corrected chi connectivity index (χ4v) is 4.49. The summed E-state index contributed by atoms with van der Waals surface area (Å²) in [5.41, 5.74) is 13.2. The Hall–Kier alpha value is -2.10. The SMILES string of the molecule is CN1Cc2cc(C3(CN)CC3)ccc2C(c2cc3ccccc3[nH]2)C1. The summed E-state index contributed by atoms with van der Waals surface area (Å²) in [7, 11) is 2.22. The Bertz CT molecular complexity index is 902. The van der Waals surface area contributed by atoms with Crippen LogP contribution in [0.25, 0.3) is 10.9 Å². The van der Waals surface area contributed by atoms with E-state index in [1.54, 1.807) is 0 Å². The second-order valence-electron chi connectivity index (χ2n) is 7.96. The lowest BCUT2D eigenvalue weighted by molar-refractivity contribution is 0.293. The summed E-state index contributed by atoms with van der Waals surface area (Å²) in [6.07, 6.45) is 2.48. The van der Waals surface area contributed by atoms with Gasteiger partial charge in [0.2, 0.25) is 0 Å². The smallest absolute Gasteiger partial charge is 0.0456 e. The summed E-state index contributed by atoms with van der Waals surface area (Å²) in [5.74, 6) is 0.406. The molecular formula is C22H25N3. The molecule has 3 aromatic rings. The summed E-state index contributed by atoms with van der Waals surface area (Å²) < 4.78 is 0.